The van der Waals surface area contributed by atoms with Crippen LogP contribution in [0.3, 0.4) is 0 Å². The molecule has 0 atom stereocenters. The lowest BCUT2D eigenvalue weighted by Gasteiger charge is -1.98. The van der Waals surface area contributed by atoms with Crippen molar-refractivity contribution >= 4 is 11.0 Å². The molecule has 0 spiro atoms. The van der Waals surface area contributed by atoms with Crippen LogP contribution in [0, 0.1) is 6.92 Å². The first kappa shape index (κ1) is 9.84. The summed E-state index contributed by atoms with van der Waals surface area (Å²) in [5, 5.41) is 3.62. The number of aryl methyl sites for hydroxylation is 1. The van der Waals surface area contributed by atoms with Gasteiger partial charge in [0.1, 0.15) is 0 Å². The summed E-state index contributed by atoms with van der Waals surface area (Å²) in [4.78, 5) is 16.4. The minimum Gasteiger partial charge on any atom is -0.274 e. The lowest BCUT2D eigenvalue weighted by atomic mass is 10.3. The normalized spacial score (nSPS) is 10.9. The second-order valence-electron chi connectivity index (χ2n) is 3.94. The maximum absolute atomic E-state index is 12.1. The number of rotatable bonds is 1. The van der Waals surface area contributed by atoms with Crippen LogP contribution < -0.4 is 5.56 Å². The number of aromatic nitrogens is 3. The summed E-state index contributed by atoms with van der Waals surface area (Å²) in [7, 11) is 0. The molecule has 4 nitrogen and oxygen atoms in total. The van der Waals surface area contributed by atoms with Gasteiger partial charge in [-0.15, -0.1) is 0 Å². The quantitative estimate of drug-likeness (QED) is 0.688. The zero-order valence-corrected chi connectivity index (χ0v) is 9.34. The lowest BCUT2D eigenvalue weighted by molar-refractivity contribution is 0.857. The molecular formula is C13H11N3O. The number of benzene rings is 1. The molecular weight excluding hydrogens is 214 g/mol. The second-order valence-corrected chi connectivity index (χ2v) is 3.94. The van der Waals surface area contributed by atoms with E-state index in [1.54, 1.807) is 6.07 Å². The predicted molar refractivity (Wildman–Crippen MR) is 66.4 cm³/mol. The van der Waals surface area contributed by atoms with Gasteiger partial charge in [-0.2, -0.15) is 0 Å². The zero-order valence-electron chi connectivity index (χ0n) is 9.34. The highest BCUT2D eigenvalue weighted by atomic mass is 16.1. The molecule has 0 saturated heterocycles. The fourth-order valence-corrected chi connectivity index (χ4v) is 1.85. The smallest absolute Gasteiger partial charge is 0.274 e. The molecule has 17 heavy (non-hydrogen) atoms. The van der Waals surface area contributed by atoms with Gasteiger partial charge in [0.2, 0.25) is 0 Å². The molecule has 2 aromatic heterocycles. The van der Waals surface area contributed by atoms with E-state index in [0.717, 1.165) is 11.4 Å². The van der Waals surface area contributed by atoms with Crippen LogP contribution in [0.2, 0.25) is 0 Å². The van der Waals surface area contributed by atoms with Gasteiger partial charge in [-0.3, -0.25) is 9.89 Å². The van der Waals surface area contributed by atoms with Gasteiger partial charge in [0.15, 0.2) is 5.65 Å². The highest BCUT2D eigenvalue weighted by molar-refractivity contribution is 5.74. The molecule has 0 aliphatic rings. The molecule has 3 rings (SSSR count). The molecule has 0 unspecified atom stereocenters. The molecule has 1 aromatic carbocycles. The van der Waals surface area contributed by atoms with Gasteiger partial charge in [-0.05, 0) is 31.2 Å². The molecule has 3 aromatic rings. The number of nitrogens with one attached hydrogen (secondary N) is 1. The predicted octanol–water partition coefficient (Wildman–Crippen LogP) is 2.02. The van der Waals surface area contributed by atoms with Gasteiger partial charge < -0.3 is 0 Å². The molecule has 1 N–H and O–H groups in total. The third-order valence-corrected chi connectivity index (χ3v) is 2.70. The second kappa shape index (κ2) is 3.59. The van der Waals surface area contributed by atoms with Gasteiger partial charge in [0, 0.05) is 5.69 Å². The lowest BCUT2D eigenvalue weighted by Crippen LogP contribution is -2.13. The van der Waals surface area contributed by atoms with Crippen LogP contribution in [0.25, 0.3) is 16.7 Å². The molecule has 0 amide bonds. The highest BCUT2D eigenvalue weighted by Gasteiger charge is 2.08. The van der Waals surface area contributed by atoms with Crippen molar-refractivity contribution in [2.45, 2.75) is 6.92 Å². The third kappa shape index (κ3) is 1.54. The Morgan fingerprint density at radius 3 is 2.65 bits per heavy atom. The van der Waals surface area contributed by atoms with E-state index >= 15 is 0 Å². The number of aromatic amines is 1. The Bertz CT molecular complexity index is 725. The van der Waals surface area contributed by atoms with E-state index in [4.69, 9.17) is 0 Å². The summed E-state index contributed by atoms with van der Waals surface area (Å²) in [5.41, 5.74) is 2.25. The Morgan fingerprint density at radius 1 is 1.12 bits per heavy atom. The van der Waals surface area contributed by atoms with Gasteiger partial charge in [0.05, 0.1) is 11.1 Å². The maximum atomic E-state index is 12.1. The molecule has 0 aliphatic carbocycles. The fraction of sp³-hybridized carbons (Fsp3) is 0.0769. The number of hydrogen-bond donors (Lipinski definition) is 1. The molecule has 0 radical (unpaired) electrons. The summed E-state index contributed by atoms with van der Waals surface area (Å²) < 4.78 is 1.51. The van der Waals surface area contributed by atoms with Crippen LogP contribution in [-0.4, -0.2) is 14.8 Å². The van der Waals surface area contributed by atoms with E-state index in [9.17, 15) is 4.79 Å². The van der Waals surface area contributed by atoms with Gasteiger partial charge >= 0.3 is 0 Å². The first-order valence-corrected chi connectivity index (χ1v) is 5.39. The summed E-state index contributed by atoms with van der Waals surface area (Å²) in [6.07, 6.45) is 0. The average molecular weight is 225 g/mol. The molecule has 0 aliphatic heterocycles. The summed E-state index contributed by atoms with van der Waals surface area (Å²) in [6.45, 7) is 1.90. The van der Waals surface area contributed by atoms with Crippen LogP contribution in [-0.2, 0) is 0 Å². The van der Waals surface area contributed by atoms with E-state index in [1.807, 2.05) is 43.3 Å². The van der Waals surface area contributed by atoms with E-state index in [-0.39, 0.29) is 5.56 Å². The Morgan fingerprint density at radius 2 is 1.88 bits per heavy atom. The molecule has 0 bridgehead atoms. The summed E-state index contributed by atoms with van der Waals surface area (Å²) in [6, 6.07) is 13.1. The molecule has 4 heteroatoms. The van der Waals surface area contributed by atoms with E-state index < -0.39 is 0 Å². The highest BCUT2D eigenvalue weighted by Crippen LogP contribution is 2.09. The summed E-state index contributed by atoms with van der Waals surface area (Å²) >= 11 is 0. The third-order valence-electron chi connectivity index (χ3n) is 2.70. The van der Waals surface area contributed by atoms with Crippen molar-refractivity contribution in [2.24, 2.45) is 0 Å². The van der Waals surface area contributed by atoms with Crippen LogP contribution in [0.5, 0.6) is 0 Å². The Balaban J connectivity index is 2.32. The summed E-state index contributed by atoms with van der Waals surface area (Å²) in [5.74, 6) is 0. The molecule has 0 fully saturated rings. The maximum Gasteiger partial charge on any atom is 0.280 e. The Labute approximate surface area is 97.5 Å². The number of fused-ring (bicyclic) bond motifs is 1. The van der Waals surface area contributed by atoms with Crippen molar-refractivity contribution in [1.82, 2.24) is 14.8 Å². The van der Waals surface area contributed by atoms with Crippen LogP contribution in [0.4, 0.5) is 0 Å². The van der Waals surface area contributed by atoms with Gasteiger partial charge in [-0.25, -0.2) is 9.67 Å². The number of hydrogen-bond acceptors (Lipinski definition) is 2. The minimum absolute atomic E-state index is 0.0706. The number of pyridine rings is 1. The first-order valence-electron chi connectivity index (χ1n) is 5.39. The SMILES string of the molecule is Cc1ccc2c(=O)n(-c3ccccc3)[nH]c2n1. The monoisotopic (exact) mass is 225 g/mol. The van der Waals surface area contributed by atoms with Crippen molar-refractivity contribution < 1.29 is 0 Å². The average Bonchev–Trinajstić information content (AvgIpc) is 2.67. The van der Waals surface area contributed by atoms with Crippen molar-refractivity contribution in [1.29, 1.82) is 0 Å². The zero-order chi connectivity index (χ0) is 11.8. The number of para-hydroxylation sites is 1. The topological polar surface area (TPSA) is 50.7 Å². The number of H-pyrrole nitrogens is 1. The van der Waals surface area contributed by atoms with Crippen LogP contribution >= 0.6 is 0 Å². The van der Waals surface area contributed by atoms with Gasteiger partial charge in [0.25, 0.3) is 5.56 Å². The standard InChI is InChI=1S/C13H11N3O/c1-9-7-8-11-12(14-9)15-16(13(11)17)10-5-3-2-4-6-10/h2-8H,1H3,(H,14,15). The fourth-order valence-electron chi connectivity index (χ4n) is 1.85. The van der Waals surface area contributed by atoms with E-state index in [0.29, 0.717) is 11.0 Å². The van der Waals surface area contributed by atoms with E-state index in [2.05, 4.69) is 10.1 Å². The van der Waals surface area contributed by atoms with Crippen molar-refractivity contribution in [2.75, 3.05) is 0 Å². The van der Waals surface area contributed by atoms with Crippen molar-refractivity contribution in [3.05, 3.63) is 58.5 Å². The molecule has 84 valence electrons. The Kier molecular flexibility index (Phi) is 2.08. The van der Waals surface area contributed by atoms with E-state index in [1.165, 1.54) is 4.68 Å². The van der Waals surface area contributed by atoms with Crippen molar-refractivity contribution in [3.8, 4) is 5.69 Å². The van der Waals surface area contributed by atoms with Crippen LogP contribution in [0.1, 0.15) is 5.69 Å². The van der Waals surface area contributed by atoms with Crippen molar-refractivity contribution in [3.63, 3.8) is 0 Å². The molecule has 0 saturated carbocycles. The largest absolute Gasteiger partial charge is 0.280 e. The Hall–Kier alpha value is -2.36. The molecule has 2 heterocycles. The first-order chi connectivity index (χ1) is 8.25. The minimum atomic E-state index is -0.0706. The van der Waals surface area contributed by atoms with Gasteiger partial charge in [-0.1, -0.05) is 18.2 Å². The van der Waals surface area contributed by atoms with Crippen LogP contribution in [0.15, 0.2) is 47.3 Å². The number of nitrogens with zero attached hydrogens (tertiary/aromatic N) is 2.